The Morgan fingerprint density at radius 2 is 2.04 bits per heavy atom. The van der Waals surface area contributed by atoms with Gasteiger partial charge < -0.3 is 4.74 Å². The highest BCUT2D eigenvalue weighted by Gasteiger charge is 2.32. The molecule has 8 heteroatoms. The van der Waals surface area contributed by atoms with Gasteiger partial charge in [-0.15, -0.1) is 5.10 Å². The quantitative estimate of drug-likeness (QED) is 0.829. The largest absolute Gasteiger partial charge is 0.472 e. The molecular weight excluding hydrogens is 321 g/mol. The lowest BCUT2D eigenvalue weighted by Gasteiger charge is -2.17. The van der Waals surface area contributed by atoms with Gasteiger partial charge in [0.1, 0.15) is 11.9 Å². The fourth-order valence-electron chi connectivity index (χ4n) is 2.45. The van der Waals surface area contributed by atoms with Crippen molar-refractivity contribution in [2.45, 2.75) is 18.3 Å². The summed E-state index contributed by atoms with van der Waals surface area (Å²) < 4.78 is 44.8. The summed E-state index contributed by atoms with van der Waals surface area (Å²) in [5, 5.41) is 7.55. The first-order valence-electron chi connectivity index (χ1n) is 7.19. The van der Waals surface area contributed by atoms with Gasteiger partial charge in [0.05, 0.1) is 12.3 Å². The monoisotopic (exact) mass is 337 g/mol. The SMILES string of the molecule is O=S(=O)(Cc1ccc(F)cc1)N1CC[C@@H](Oc2cccnn2)C1. The van der Waals surface area contributed by atoms with Crippen LogP contribution in [0, 0.1) is 5.82 Å². The number of hydrogen-bond acceptors (Lipinski definition) is 5. The molecular formula is C15H16FN3O3S. The lowest BCUT2D eigenvalue weighted by molar-refractivity contribution is 0.204. The standard InChI is InChI=1S/C15H16FN3O3S/c16-13-5-3-12(4-6-13)11-23(20,21)19-9-7-14(10-19)22-15-2-1-8-17-18-15/h1-6,8,14H,7,9-11H2/t14-/m1/s1. The third kappa shape index (κ3) is 4.02. The minimum absolute atomic E-state index is 0.148. The number of aromatic nitrogens is 2. The lowest BCUT2D eigenvalue weighted by Crippen LogP contribution is -2.32. The molecule has 0 aliphatic carbocycles. The molecule has 0 amide bonds. The van der Waals surface area contributed by atoms with Crippen molar-refractivity contribution in [3.05, 3.63) is 54.0 Å². The van der Waals surface area contributed by atoms with Gasteiger partial charge in [0.2, 0.25) is 15.9 Å². The van der Waals surface area contributed by atoms with Crippen molar-refractivity contribution in [2.75, 3.05) is 13.1 Å². The molecule has 0 bridgehead atoms. The summed E-state index contributed by atoms with van der Waals surface area (Å²) in [4.78, 5) is 0. The Labute approximate surface area is 134 Å². The van der Waals surface area contributed by atoms with Gasteiger partial charge in [0.15, 0.2) is 0 Å². The van der Waals surface area contributed by atoms with Crippen LogP contribution in [0.15, 0.2) is 42.6 Å². The normalized spacial score (nSPS) is 18.9. The molecule has 1 saturated heterocycles. The molecule has 1 aromatic carbocycles. The zero-order valence-electron chi connectivity index (χ0n) is 12.3. The molecule has 3 rings (SSSR count). The Kier molecular flexibility index (Phi) is 4.53. The first-order chi connectivity index (χ1) is 11.0. The van der Waals surface area contributed by atoms with Crippen molar-refractivity contribution in [3.8, 4) is 5.88 Å². The fraction of sp³-hybridized carbons (Fsp3) is 0.333. The Balaban J connectivity index is 1.62. The molecule has 23 heavy (non-hydrogen) atoms. The van der Waals surface area contributed by atoms with Gasteiger partial charge >= 0.3 is 0 Å². The van der Waals surface area contributed by atoms with Crippen LogP contribution in [0.1, 0.15) is 12.0 Å². The zero-order chi connectivity index (χ0) is 16.3. The van der Waals surface area contributed by atoms with E-state index in [4.69, 9.17) is 4.74 Å². The third-order valence-electron chi connectivity index (χ3n) is 3.60. The second-order valence-electron chi connectivity index (χ2n) is 5.33. The summed E-state index contributed by atoms with van der Waals surface area (Å²) in [5.74, 6) is -0.148. The van der Waals surface area contributed by atoms with Gasteiger partial charge in [-0.2, -0.15) is 9.40 Å². The highest BCUT2D eigenvalue weighted by molar-refractivity contribution is 7.88. The first-order valence-corrected chi connectivity index (χ1v) is 8.80. The minimum atomic E-state index is -3.46. The van der Waals surface area contributed by atoms with Gasteiger partial charge in [-0.3, -0.25) is 0 Å². The molecule has 2 heterocycles. The summed E-state index contributed by atoms with van der Waals surface area (Å²) >= 11 is 0. The van der Waals surface area contributed by atoms with E-state index in [0.29, 0.717) is 24.4 Å². The van der Waals surface area contributed by atoms with Gasteiger partial charge in [0.25, 0.3) is 0 Å². The van der Waals surface area contributed by atoms with Crippen LogP contribution in [0.3, 0.4) is 0 Å². The highest BCUT2D eigenvalue weighted by Crippen LogP contribution is 2.21. The van der Waals surface area contributed by atoms with Crippen LogP contribution in [0.5, 0.6) is 5.88 Å². The lowest BCUT2D eigenvalue weighted by atomic mass is 10.2. The van der Waals surface area contributed by atoms with Gasteiger partial charge in [-0.05, 0) is 30.2 Å². The number of nitrogens with zero attached hydrogens (tertiary/aromatic N) is 3. The average Bonchev–Trinajstić information content (AvgIpc) is 3.00. The minimum Gasteiger partial charge on any atom is -0.472 e. The Hall–Kier alpha value is -2.06. The van der Waals surface area contributed by atoms with E-state index in [9.17, 15) is 12.8 Å². The van der Waals surface area contributed by atoms with Gasteiger partial charge in [-0.25, -0.2) is 12.8 Å². The number of sulfonamides is 1. The number of ether oxygens (including phenoxy) is 1. The van der Waals surface area contributed by atoms with Crippen LogP contribution in [0.4, 0.5) is 4.39 Å². The van der Waals surface area contributed by atoms with Crippen LogP contribution in [-0.2, 0) is 15.8 Å². The maximum absolute atomic E-state index is 12.9. The summed E-state index contributed by atoms with van der Waals surface area (Å²) in [6.07, 6.45) is 1.90. The Morgan fingerprint density at radius 1 is 1.26 bits per heavy atom. The highest BCUT2D eigenvalue weighted by atomic mass is 32.2. The smallest absolute Gasteiger partial charge is 0.233 e. The molecule has 2 aromatic rings. The maximum atomic E-state index is 12.9. The Morgan fingerprint density at radius 3 is 2.74 bits per heavy atom. The maximum Gasteiger partial charge on any atom is 0.233 e. The summed E-state index contributed by atoms with van der Waals surface area (Å²) in [5.41, 5.74) is 0.560. The number of rotatable bonds is 5. The van der Waals surface area contributed by atoms with E-state index in [0.717, 1.165) is 0 Å². The van der Waals surface area contributed by atoms with Crippen LogP contribution in [0.2, 0.25) is 0 Å². The second-order valence-corrected chi connectivity index (χ2v) is 7.30. The van der Waals surface area contributed by atoms with Crippen molar-refractivity contribution in [3.63, 3.8) is 0 Å². The molecule has 122 valence electrons. The summed E-state index contributed by atoms with van der Waals surface area (Å²) in [7, 11) is -3.46. The Bertz CT molecular complexity index is 753. The van der Waals surface area contributed by atoms with E-state index in [1.807, 2.05) is 0 Å². The predicted molar refractivity (Wildman–Crippen MR) is 81.7 cm³/mol. The van der Waals surface area contributed by atoms with Crippen molar-refractivity contribution >= 4 is 10.0 Å². The number of hydrogen-bond donors (Lipinski definition) is 0. The summed E-state index contributed by atoms with van der Waals surface area (Å²) in [6.45, 7) is 0.675. The predicted octanol–water partition coefficient (Wildman–Crippen LogP) is 1.60. The molecule has 1 aliphatic heterocycles. The first kappa shape index (κ1) is 15.8. The van der Waals surface area contributed by atoms with E-state index in [-0.39, 0.29) is 24.2 Å². The van der Waals surface area contributed by atoms with E-state index >= 15 is 0 Å². The molecule has 1 atom stereocenters. The van der Waals surface area contributed by atoms with Crippen LogP contribution < -0.4 is 4.74 Å². The topological polar surface area (TPSA) is 72.4 Å². The fourth-order valence-corrected chi connectivity index (χ4v) is 4.02. The molecule has 0 radical (unpaired) electrons. The molecule has 0 saturated carbocycles. The van der Waals surface area contributed by atoms with Crippen molar-refractivity contribution in [2.24, 2.45) is 0 Å². The van der Waals surface area contributed by atoms with Crippen LogP contribution in [-0.4, -0.2) is 42.1 Å². The second kappa shape index (κ2) is 6.59. The van der Waals surface area contributed by atoms with Crippen LogP contribution >= 0.6 is 0 Å². The zero-order valence-corrected chi connectivity index (χ0v) is 13.1. The molecule has 1 aromatic heterocycles. The van der Waals surface area contributed by atoms with Gasteiger partial charge in [-0.1, -0.05) is 12.1 Å². The van der Waals surface area contributed by atoms with E-state index in [1.165, 1.54) is 28.6 Å². The molecule has 6 nitrogen and oxygen atoms in total. The summed E-state index contributed by atoms with van der Waals surface area (Å²) in [6, 6.07) is 8.87. The van der Waals surface area contributed by atoms with Gasteiger partial charge in [0, 0.05) is 18.8 Å². The molecule has 0 spiro atoms. The van der Waals surface area contributed by atoms with Crippen molar-refractivity contribution in [1.82, 2.24) is 14.5 Å². The molecule has 0 N–H and O–H groups in total. The average molecular weight is 337 g/mol. The molecule has 1 fully saturated rings. The number of benzene rings is 1. The van der Waals surface area contributed by atoms with E-state index in [2.05, 4.69) is 10.2 Å². The van der Waals surface area contributed by atoms with E-state index < -0.39 is 10.0 Å². The molecule has 0 unspecified atom stereocenters. The number of halogens is 1. The van der Waals surface area contributed by atoms with E-state index in [1.54, 1.807) is 18.3 Å². The molecule has 1 aliphatic rings. The van der Waals surface area contributed by atoms with Crippen LogP contribution in [0.25, 0.3) is 0 Å². The third-order valence-corrected chi connectivity index (χ3v) is 5.42. The van der Waals surface area contributed by atoms with Crippen molar-refractivity contribution < 1.29 is 17.5 Å². The van der Waals surface area contributed by atoms with Crippen molar-refractivity contribution in [1.29, 1.82) is 0 Å².